The van der Waals surface area contributed by atoms with Crippen molar-refractivity contribution >= 4 is 11.6 Å². The first-order chi connectivity index (χ1) is 8.95. The Balaban J connectivity index is 2.02. The molecule has 108 valence electrons. The van der Waals surface area contributed by atoms with Crippen LogP contribution in [0.5, 0.6) is 0 Å². The Labute approximate surface area is 121 Å². The molecule has 19 heavy (non-hydrogen) atoms. The van der Waals surface area contributed by atoms with E-state index >= 15 is 0 Å². The number of aryl methyl sites for hydroxylation is 2. The molecule has 0 radical (unpaired) electrons. The van der Waals surface area contributed by atoms with Crippen molar-refractivity contribution in [1.29, 1.82) is 0 Å². The largest absolute Gasteiger partial charge is 0.314 e. The first-order valence-electron chi connectivity index (χ1n) is 7.36. The molecule has 1 aliphatic carbocycles. The van der Waals surface area contributed by atoms with E-state index in [0.29, 0.717) is 11.5 Å². The first kappa shape index (κ1) is 14.9. The van der Waals surface area contributed by atoms with Gasteiger partial charge in [-0.15, -0.1) is 0 Å². The van der Waals surface area contributed by atoms with Gasteiger partial charge in [0.1, 0.15) is 0 Å². The van der Waals surface area contributed by atoms with Gasteiger partial charge in [-0.2, -0.15) is 5.10 Å². The number of rotatable bonds is 5. The second-order valence-corrected chi connectivity index (χ2v) is 6.73. The topological polar surface area (TPSA) is 29.9 Å². The van der Waals surface area contributed by atoms with Crippen LogP contribution in [0.2, 0.25) is 5.02 Å². The van der Waals surface area contributed by atoms with E-state index in [1.54, 1.807) is 0 Å². The zero-order valence-electron chi connectivity index (χ0n) is 12.6. The molecule has 1 aromatic heterocycles. The van der Waals surface area contributed by atoms with Crippen LogP contribution in [0.1, 0.15) is 50.9 Å². The van der Waals surface area contributed by atoms with Gasteiger partial charge < -0.3 is 5.32 Å². The third-order valence-electron chi connectivity index (χ3n) is 4.37. The van der Waals surface area contributed by atoms with Crippen LogP contribution in [0.3, 0.4) is 0 Å². The molecule has 1 heterocycles. The summed E-state index contributed by atoms with van der Waals surface area (Å²) < 4.78 is 1.95. The summed E-state index contributed by atoms with van der Waals surface area (Å²) in [5.41, 5.74) is 2.49. The summed E-state index contributed by atoms with van der Waals surface area (Å²) >= 11 is 6.38. The van der Waals surface area contributed by atoms with Crippen LogP contribution in [0.15, 0.2) is 0 Å². The van der Waals surface area contributed by atoms with Crippen molar-refractivity contribution in [1.82, 2.24) is 15.1 Å². The highest BCUT2D eigenvalue weighted by atomic mass is 35.5. The van der Waals surface area contributed by atoms with Crippen molar-refractivity contribution in [2.45, 2.75) is 58.9 Å². The van der Waals surface area contributed by atoms with Crippen molar-refractivity contribution in [3.63, 3.8) is 0 Å². The lowest BCUT2D eigenvalue weighted by Crippen LogP contribution is -2.29. The lowest BCUT2D eigenvalue weighted by Gasteiger charge is -2.24. The zero-order valence-corrected chi connectivity index (χ0v) is 13.3. The summed E-state index contributed by atoms with van der Waals surface area (Å²) in [4.78, 5) is 0. The molecule has 0 bridgehead atoms. The number of hydrogen-bond donors (Lipinski definition) is 1. The predicted molar refractivity (Wildman–Crippen MR) is 80.7 cm³/mol. The van der Waals surface area contributed by atoms with Crippen molar-refractivity contribution in [2.75, 3.05) is 6.54 Å². The lowest BCUT2D eigenvalue weighted by molar-refractivity contribution is 0.314. The minimum Gasteiger partial charge on any atom is -0.314 e. The highest BCUT2D eigenvalue weighted by molar-refractivity contribution is 6.31. The number of nitrogens with one attached hydrogen (secondary N) is 1. The number of halogens is 1. The van der Waals surface area contributed by atoms with Crippen molar-refractivity contribution in [2.24, 2.45) is 12.5 Å². The fourth-order valence-electron chi connectivity index (χ4n) is 3.28. The second kappa shape index (κ2) is 5.84. The van der Waals surface area contributed by atoms with E-state index < -0.39 is 0 Å². The minimum absolute atomic E-state index is 0.356. The van der Waals surface area contributed by atoms with Gasteiger partial charge >= 0.3 is 0 Å². The fraction of sp³-hybridized carbons (Fsp3) is 0.800. The molecule has 0 spiro atoms. The smallest absolute Gasteiger partial charge is 0.0847 e. The van der Waals surface area contributed by atoms with Gasteiger partial charge in [0.25, 0.3) is 0 Å². The van der Waals surface area contributed by atoms with Gasteiger partial charge in [-0.3, -0.25) is 4.68 Å². The average Bonchev–Trinajstić information content (AvgIpc) is 2.84. The Hall–Kier alpha value is -0.540. The molecule has 2 atom stereocenters. The van der Waals surface area contributed by atoms with Crippen LogP contribution in [0, 0.1) is 12.3 Å². The summed E-state index contributed by atoms with van der Waals surface area (Å²) in [5, 5.41) is 8.93. The summed E-state index contributed by atoms with van der Waals surface area (Å²) in [6, 6.07) is 0.679. The van der Waals surface area contributed by atoms with Gasteiger partial charge in [-0.1, -0.05) is 25.4 Å². The minimum atomic E-state index is 0.356. The van der Waals surface area contributed by atoms with Crippen LogP contribution < -0.4 is 5.32 Å². The van der Waals surface area contributed by atoms with E-state index in [2.05, 4.69) is 24.3 Å². The van der Waals surface area contributed by atoms with E-state index in [9.17, 15) is 0 Å². The van der Waals surface area contributed by atoms with Crippen LogP contribution in [0.4, 0.5) is 0 Å². The quantitative estimate of drug-likeness (QED) is 0.897. The Morgan fingerprint density at radius 3 is 2.84 bits per heavy atom. The molecule has 2 rings (SSSR count). The molecular weight excluding hydrogens is 258 g/mol. The Morgan fingerprint density at radius 2 is 2.26 bits per heavy atom. The van der Waals surface area contributed by atoms with Gasteiger partial charge in [0.2, 0.25) is 0 Å². The lowest BCUT2D eigenvalue weighted by atomic mass is 9.83. The fourth-order valence-corrected chi connectivity index (χ4v) is 3.51. The molecule has 2 unspecified atom stereocenters. The Bertz CT molecular complexity index is 441. The normalized spacial score (nSPS) is 27.1. The van der Waals surface area contributed by atoms with E-state index in [1.165, 1.54) is 31.4 Å². The summed E-state index contributed by atoms with van der Waals surface area (Å²) in [6.45, 7) is 7.72. The maximum absolute atomic E-state index is 6.38. The molecule has 1 N–H and O–H groups in total. The molecule has 1 fully saturated rings. The van der Waals surface area contributed by atoms with Crippen LogP contribution >= 0.6 is 11.6 Å². The average molecular weight is 284 g/mol. The highest BCUT2D eigenvalue weighted by Crippen LogP contribution is 2.41. The third kappa shape index (κ3) is 3.32. The molecule has 4 heteroatoms. The summed E-state index contributed by atoms with van der Waals surface area (Å²) in [7, 11) is 2.00. The van der Waals surface area contributed by atoms with Gasteiger partial charge in [0, 0.05) is 13.1 Å². The van der Waals surface area contributed by atoms with Gasteiger partial charge in [-0.05, 0) is 51.0 Å². The number of hydrogen-bond acceptors (Lipinski definition) is 2. The monoisotopic (exact) mass is 283 g/mol. The highest BCUT2D eigenvalue weighted by Gasteiger charge is 2.36. The first-order valence-corrected chi connectivity index (χ1v) is 7.74. The zero-order chi connectivity index (χ0) is 14.0. The molecule has 0 aliphatic heterocycles. The molecule has 0 amide bonds. The van der Waals surface area contributed by atoms with Crippen LogP contribution in [0.25, 0.3) is 0 Å². The molecule has 1 aromatic rings. The third-order valence-corrected chi connectivity index (χ3v) is 4.87. The van der Waals surface area contributed by atoms with E-state index in [-0.39, 0.29) is 0 Å². The molecule has 1 saturated carbocycles. The van der Waals surface area contributed by atoms with E-state index in [0.717, 1.165) is 23.7 Å². The summed E-state index contributed by atoms with van der Waals surface area (Å²) in [6.07, 6.45) is 6.04. The van der Waals surface area contributed by atoms with Crippen LogP contribution in [-0.2, 0) is 13.5 Å². The van der Waals surface area contributed by atoms with Gasteiger partial charge in [0.15, 0.2) is 0 Å². The second-order valence-electron chi connectivity index (χ2n) is 6.35. The predicted octanol–water partition coefficient (Wildman–Crippen LogP) is 3.48. The molecule has 3 nitrogen and oxygen atoms in total. The molecule has 0 aromatic carbocycles. The van der Waals surface area contributed by atoms with Gasteiger partial charge in [-0.25, -0.2) is 0 Å². The molecule has 0 saturated heterocycles. The Kier molecular flexibility index (Phi) is 4.57. The molecule has 1 aliphatic rings. The van der Waals surface area contributed by atoms with E-state index in [4.69, 9.17) is 11.6 Å². The number of nitrogens with zero attached hydrogens (tertiary/aromatic N) is 2. The summed E-state index contributed by atoms with van der Waals surface area (Å²) in [5.74, 6) is 0. The SMILES string of the molecule is CCCNC1CCC(C)(Cc2c(Cl)c(C)nn2C)C1. The standard InChI is InChI=1S/C15H26ClN3/c1-5-8-17-12-6-7-15(3,9-12)10-13-14(16)11(2)18-19(13)4/h12,17H,5-10H2,1-4H3. The van der Waals surface area contributed by atoms with Gasteiger partial charge in [0.05, 0.1) is 16.4 Å². The maximum atomic E-state index is 6.38. The van der Waals surface area contributed by atoms with Crippen molar-refractivity contribution < 1.29 is 0 Å². The van der Waals surface area contributed by atoms with Crippen molar-refractivity contribution in [3.8, 4) is 0 Å². The maximum Gasteiger partial charge on any atom is 0.0847 e. The van der Waals surface area contributed by atoms with Crippen LogP contribution in [-0.4, -0.2) is 22.4 Å². The Morgan fingerprint density at radius 1 is 1.53 bits per heavy atom. The van der Waals surface area contributed by atoms with E-state index in [1.807, 2.05) is 18.7 Å². The number of aromatic nitrogens is 2. The van der Waals surface area contributed by atoms with Crippen molar-refractivity contribution in [3.05, 3.63) is 16.4 Å². The molecular formula is C15H26ClN3.